The van der Waals surface area contributed by atoms with Crippen LogP contribution < -0.4 is 21.3 Å². The molecule has 19 heteroatoms. The van der Waals surface area contributed by atoms with Gasteiger partial charge < -0.3 is 55.9 Å². The number of hydrogen-bond donors (Lipinski definition) is 8. The first-order valence-electron chi connectivity index (χ1n) is 16.0. The first-order valence-corrected chi connectivity index (χ1v) is 15.5. The highest BCUT2D eigenvalue weighted by atomic mass is 16.7. The predicted molar refractivity (Wildman–Crippen MR) is 168 cm³/mol. The lowest BCUT2D eigenvalue weighted by atomic mass is 9.99. The molecule has 0 radical (unpaired) electrons. The van der Waals surface area contributed by atoms with Gasteiger partial charge in [-0.1, -0.05) is 26.0 Å². The van der Waals surface area contributed by atoms with Crippen molar-refractivity contribution in [3.63, 3.8) is 0 Å². The summed E-state index contributed by atoms with van der Waals surface area (Å²) in [5, 5.41) is 50.0. The van der Waals surface area contributed by atoms with Crippen molar-refractivity contribution in [3.05, 3.63) is 42.0 Å². The van der Waals surface area contributed by atoms with Gasteiger partial charge in [-0.2, -0.15) is 0 Å². The SMILES string of the molecule is [2H]C(=O)OCc1ccc(NC(=O)[C@H](CO[C@@H]2O[C@H](CO)[C@@H](O)[C@H](O)[C@H]2O)NC(=O)[C@@H](NC(=O)CCNC(=O)CN2C(=O)C=CC2=O)C(C)C)cc1. The zero-order valence-electron chi connectivity index (χ0n) is 28.1. The number of aliphatic hydroxyl groups excluding tert-OH is 4. The van der Waals surface area contributed by atoms with E-state index < -0.39 is 110 Å². The summed E-state index contributed by atoms with van der Waals surface area (Å²) in [5.41, 5.74) is 0.743. The van der Waals surface area contributed by atoms with Crippen molar-refractivity contribution in [3.8, 4) is 0 Å². The Kier molecular flexibility index (Phi) is 14.3. The Labute approximate surface area is 287 Å². The van der Waals surface area contributed by atoms with E-state index in [1.54, 1.807) is 13.8 Å². The summed E-state index contributed by atoms with van der Waals surface area (Å²) < 4.78 is 22.3. The van der Waals surface area contributed by atoms with E-state index in [0.29, 0.717) is 5.56 Å². The van der Waals surface area contributed by atoms with Crippen LogP contribution >= 0.6 is 0 Å². The van der Waals surface area contributed by atoms with E-state index in [-0.39, 0.29) is 25.3 Å². The molecule has 2 aliphatic rings. The average molecular weight is 709 g/mol. The summed E-state index contributed by atoms with van der Waals surface area (Å²) in [5.74, 6) is -4.83. The fourth-order valence-electron chi connectivity index (χ4n) is 4.75. The van der Waals surface area contributed by atoms with E-state index in [1.165, 1.54) is 24.3 Å². The van der Waals surface area contributed by atoms with Crippen molar-refractivity contribution in [2.24, 2.45) is 5.92 Å². The fourth-order valence-corrected chi connectivity index (χ4v) is 4.75. The van der Waals surface area contributed by atoms with Crippen LogP contribution in [0, 0.1) is 5.92 Å². The molecule has 0 aromatic heterocycles. The number of imide groups is 1. The third-order valence-corrected chi connectivity index (χ3v) is 7.57. The minimum Gasteiger partial charge on any atom is -0.463 e. The minimum atomic E-state index is -1.80. The molecule has 1 fully saturated rings. The zero-order valence-corrected chi connectivity index (χ0v) is 27.1. The van der Waals surface area contributed by atoms with E-state index in [4.69, 9.17) is 10.8 Å². The Morgan fingerprint density at radius 1 is 0.980 bits per heavy atom. The molecule has 2 aliphatic heterocycles. The fraction of sp³-hybridized carbons (Fsp3) is 0.516. The summed E-state index contributed by atoms with van der Waals surface area (Å²) in [6, 6.07) is 3.20. The summed E-state index contributed by atoms with van der Waals surface area (Å²) >= 11 is 0. The monoisotopic (exact) mass is 708 g/mol. The number of nitrogens with one attached hydrogen (secondary N) is 4. The number of carbonyl (C=O) groups excluding carboxylic acids is 7. The van der Waals surface area contributed by atoms with Crippen LogP contribution in [0.4, 0.5) is 5.69 Å². The molecule has 19 nitrogen and oxygen atoms in total. The minimum absolute atomic E-state index is 0.185. The number of benzene rings is 1. The molecule has 2 heterocycles. The zero-order chi connectivity index (χ0) is 37.8. The molecule has 6 amide bonds. The maximum atomic E-state index is 13.5. The van der Waals surface area contributed by atoms with Gasteiger partial charge in [0.05, 0.1) is 13.2 Å². The molecule has 1 aromatic rings. The smallest absolute Gasteiger partial charge is 0.293 e. The predicted octanol–water partition coefficient (Wildman–Crippen LogP) is -3.83. The van der Waals surface area contributed by atoms with Crippen molar-refractivity contribution in [1.29, 1.82) is 0 Å². The maximum Gasteiger partial charge on any atom is 0.293 e. The quantitative estimate of drug-likeness (QED) is 0.0569. The molecule has 1 saturated heterocycles. The van der Waals surface area contributed by atoms with Crippen LogP contribution in [-0.4, -0.2) is 136 Å². The van der Waals surface area contributed by atoms with Crippen LogP contribution in [0.3, 0.4) is 0 Å². The average Bonchev–Trinajstić information content (AvgIpc) is 3.40. The lowest BCUT2D eigenvalue weighted by Gasteiger charge is -2.40. The molecule has 8 N–H and O–H groups in total. The van der Waals surface area contributed by atoms with Crippen LogP contribution in [0.5, 0.6) is 0 Å². The van der Waals surface area contributed by atoms with Gasteiger partial charge in [0.1, 0.15) is 49.7 Å². The van der Waals surface area contributed by atoms with Crippen LogP contribution in [0.2, 0.25) is 0 Å². The largest absolute Gasteiger partial charge is 0.463 e. The van der Waals surface area contributed by atoms with Gasteiger partial charge in [-0.05, 0) is 23.6 Å². The Hall–Kier alpha value is -4.79. The normalized spacial score (nSPS) is 23.1. The van der Waals surface area contributed by atoms with E-state index in [9.17, 15) is 54.0 Å². The molecule has 1 aromatic carbocycles. The second-order valence-corrected chi connectivity index (χ2v) is 11.6. The Bertz CT molecular complexity index is 1450. The third-order valence-electron chi connectivity index (χ3n) is 7.57. The standard InChI is InChI=1S/C31H41N5O14/c1-16(2)25(35-21(39)9-10-32-22(40)11-36-23(41)7-8-24(36)42)30(47)34-19(14-49-31-28(45)27(44)26(43)20(12-37)50-31)29(46)33-18-5-3-17(4-6-18)13-48-15-38/h3-8,15-16,19-20,25-28,31,37,43-45H,9-14H2,1-2H3,(H,32,40)(H,33,46)(H,34,47)(H,35,39)/t19-,20+,25-,26+,27-,28+,31+/m0/s1/i15D. The second-order valence-electron chi connectivity index (χ2n) is 11.6. The molecule has 0 bridgehead atoms. The molecular formula is C31H41N5O14. The van der Waals surface area contributed by atoms with E-state index >= 15 is 0 Å². The van der Waals surface area contributed by atoms with Crippen LogP contribution in [-0.2, 0) is 54.4 Å². The van der Waals surface area contributed by atoms with Gasteiger partial charge in [0.2, 0.25) is 23.6 Å². The Morgan fingerprint density at radius 2 is 1.64 bits per heavy atom. The highest BCUT2D eigenvalue weighted by Crippen LogP contribution is 2.22. The topological polar surface area (TPSA) is 279 Å². The Balaban J connectivity index is 1.66. The maximum absolute atomic E-state index is 13.5. The first-order chi connectivity index (χ1) is 24.1. The van der Waals surface area contributed by atoms with E-state index in [0.717, 1.165) is 17.1 Å². The van der Waals surface area contributed by atoms with Crippen LogP contribution in [0.15, 0.2) is 36.4 Å². The molecule has 7 atom stereocenters. The Morgan fingerprint density at radius 3 is 2.24 bits per heavy atom. The first kappa shape index (κ1) is 38.0. The third kappa shape index (κ3) is 11.1. The summed E-state index contributed by atoms with van der Waals surface area (Å²) in [7, 11) is 0. The lowest BCUT2D eigenvalue weighted by molar-refractivity contribution is -0.301. The molecule has 50 heavy (non-hydrogen) atoms. The number of aliphatic hydroxyl groups is 4. The van der Waals surface area contributed by atoms with Gasteiger partial charge in [-0.15, -0.1) is 0 Å². The van der Waals surface area contributed by atoms with Gasteiger partial charge in [-0.25, -0.2) is 0 Å². The molecule has 274 valence electrons. The van der Waals surface area contributed by atoms with E-state index in [1.807, 2.05) is 0 Å². The van der Waals surface area contributed by atoms with Crippen molar-refractivity contribution in [1.82, 2.24) is 20.9 Å². The van der Waals surface area contributed by atoms with Crippen molar-refractivity contribution in [2.45, 2.75) is 69.7 Å². The van der Waals surface area contributed by atoms with Crippen molar-refractivity contribution < 1.29 is 69.6 Å². The molecule has 0 unspecified atom stereocenters. The van der Waals surface area contributed by atoms with E-state index in [2.05, 4.69) is 26.0 Å². The van der Waals surface area contributed by atoms with Gasteiger partial charge in [-0.3, -0.25) is 38.5 Å². The van der Waals surface area contributed by atoms with Crippen LogP contribution in [0.25, 0.3) is 0 Å². The van der Waals surface area contributed by atoms with Crippen molar-refractivity contribution >= 4 is 47.6 Å². The van der Waals surface area contributed by atoms with Gasteiger partial charge >= 0.3 is 0 Å². The number of anilines is 1. The highest BCUT2D eigenvalue weighted by Gasteiger charge is 2.44. The van der Waals surface area contributed by atoms with Gasteiger partial charge in [0, 0.05) is 30.8 Å². The summed E-state index contributed by atoms with van der Waals surface area (Å²) in [6.07, 6.45) is -7.66. The van der Waals surface area contributed by atoms with Gasteiger partial charge in [0.15, 0.2) is 7.66 Å². The molecule has 0 spiro atoms. The lowest BCUT2D eigenvalue weighted by Crippen LogP contribution is -2.60. The number of hydrogen-bond acceptors (Lipinski definition) is 14. The number of amides is 6. The second kappa shape index (κ2) is 18.8. The molecule has 0 saturated carbocycles. The summed E-state index contributed by atoms with van der Waals surface area (Å²) in [4.78, 5) is 86.5. The number of nitrogens with zero attached hydrogens (tertiary/aromatic N) is 1. The van der Waals surface area contributed by atoms with Crippen LogP contribution in [0.1, 0.15) is 27.2 Å². The highest BCUT2D eigenvalue weighted by molar-refractivity contribution is 6.14. The number of carbonyl (C=O) groups is 7. The van der Waals surface area contributed by atoms with Crippen molar-refractivity contribution in [2.75, 3.05) is 31.6 Å². The summed E-state index contributed by atoms with van der Waals surface area (Å²) in [6.45, 7) is 0.909. The molecular weight excluding hydrogens is 666 g/mol. The molecule has 3 rings (SSSR count). The molecule has 0 aliphatic carbocycles. The number of ether oxygens (including phenoxy) is 3. The number of rotatable bonds is 17. The van der Waals surface area contributed by atoms with Gasteiger partial charge in [0.25, 0.3) is 18.3 Å².